The van der Waals surface area contributed by atoms with E-state index >= 15 is 0 Å². The molecule has 0 radical (unpaired) electrons. The van der Waals surface area contributed by atoms with Crippen LogP contribution >= 0.6 is 0 Å². The van der Waals surface area contributed by atoms with Crippen molar-refractivity contribution >= 4 is 6.03 Å². The highest BCUT2D eigenvalue weighted by Crippen LogP contribution is 2.18. The molecule has 2 N–H and O–H groups in total. The molecule has 6 heteroatoms. The molecule has 134 valence electrons. The van der Waals surface area contributed by atoms with Crippen molar-refractivity contribution in [3.05, 3.63) is 53.9 Å². The zero-order valence-electron chi connectivity index (χ0n) is 14.8. The number of urea groups is 1. The number of hydrogen-bond acceptors (Lipinski definition) is 3. The molecule has 1 aliphatic heterocycles. The molecule has 0 saturated carbocycles. The Morgan fingerprint density at radius 1 is 1.36 bits per heavy atom. The summed E-state index contributed by atoms with van der Waals surface area (Å²) in [5.74, 6) is 0.516. The maximum absolute atomic E-state index is 12.3. The lowest BCUT2D eigenvalue weighted by atomic mass is 9.97. The Hall–Kier alpha value is -2.34. The van der Waals surface area contributed by atoms with E-state index in [-0.39, 0.29) is 6.03 Å². The van der Waals surface area contributed by atoms with Crippen LogP contribution in [0.4, 0.5) is 4.79 Å². The van der Waals surface area contributed by atoms with Crippen molar-refractivity contribution in [1.82, 2.24) is 25.3 Å². The van der Waals surface area contributed by atoms with Gasteiger partial charge in [0.15, 0.2) is 0 Å². The maximum atomic E-state index is 12.3. The summed E-state index contributed by atoms with van der Waals surface area (Å²) in [4.78, 5) is 16.4. The smallest absolute Gasteiger partial charge is 0.317 e. The molecule has 1 aromatic heterocycles. The number of benzene rings is 1. The third-order valence-electron chi connectivity index (χ3n) is 4.71. The lowest BCUT2D eigenvalue weighted by Gasteiger charge is -2.33. The second kappa shape index (κ2) is 8.67. The van der Waals surface area contributed by atoms with Gasteiger partial charge < -0.3 is 10.2 Å². The first kappa shape index (κ1) is 17.5. The van der Waals surface area contributed by atoms with Crippen LogP contribution in [0.1, 0.15) is 24.1 Å². The number of nitrogens with zero attached hydrogens (tertiary/aromatic N) is 3. The van der Waals surface area contributed by atoms with E-state index in [1.54, 1.807) is 18.1 Å². The second-order valence-corrected chi connectivity index (χ2v) is 6.85. The molecule has 2 aromatic rings. The van der Waals surface area contributed by atoms with Crippen molar-refractivity contribution in [3.63, 3.8) is 0 Å². The molecule has 0 unspecified atom stereocenters. The first-order valence-electron chi connectivity index (χ1n) is 8.94. The predicted octanol–water partition coefficient (Wildman–Crippen LogP) is 2.46. The molecular formula is C19H27N5O. The van der Waals surface area contributed by atoms with Gasteiger partial charge in [0.25, 0.3) is 0 Å². The molecule has 1 fully saturated rings. The fourth-order valence-electron chi connectivity index (χ4n) is 3.37. The van der Waals surface area contributed by atoms with E-state index in [1.807, 2.05) is 6.07 Å². The van der Waals surface area contributed by atoms with E-state index in [0.29, 0.717) is 12.5 Å². The zero-order chi connectivity index (χ0) is 17.5. The molecular weight excluding hydrogens is 314 g/mol. The Balaban J connectivity index is 1.42. The van der Waals surface area contributed by atoms with Gasteiger partial charge in [-0.05, 0) is 36.9 Å². The summed E-state index contributed by atoms with van der Waals surface area (Å²) < 4.78 is 0. The molecule has 25 heavy (non-hydrogen) atoms. The highest BCUT2D eigenvalue weighted by molar-refractivity contribution is 5.73. The molecule has 6 nitrogen and oxygen atoms in total. The van der Waals surface area contributed by atoms with Gasteiger partial charge in [0.1, 0.15) is 0 Å². The van der Waals surface area contributed by atoms with Crippen LogP contribution in [-0.2, 0) is 13.1 Å². The first-order valence-corrected chi connectivity index (χ1v) is 8.94. The van der Waals surface area contributed by atoms with E-state index in [1.165, 1.54) is 18.4 Å². The van der Waals surface area contributed by atoms with Crippen molar-refractivity contribution < 1.29 is 4.79 Å². The van der Waals surface area contributed by atoms with Crippen molar-refractivity contribution in [2.45, 2.75) is 25.9 Å². The van der Waals surface area contributed by atoms with Crippen LogP contribution < -0.4 is 5.32 Å². The van der Waals surface area contributed by atoms with E-state index in [2.05, 4.69) is 50.7 Å². The maximum Gasteiger partial charge on any atom is 0.317 e. The van der Waals surface area contributed by atoms with Crippen LogP contribution in [0.15, 0.2) is 42.6 Å². The Morgan fingerprint density at radius 2 is 2.20 bits per heavy atom. The molecule has 2 heterocycles. The van der Waals surface area contributed by atoms with Gasteiger partial charge in [-0.25, -0.2) is 4.79 Å². The van der Waals surface area contributed by atoms with Crippen LogP contribution in [0.5, 0.6) is 0 Å². The predicted molar refractivity (Wildman–Crippen MR) is 97.9 cm³/mol. The third kappa shape index (κ3) is 5.32. The van der Waals surface area contributed by atoms with Crippen LogP contribution in [0, 0.1) is 5.92 Å². The third-order valence-corrected chi connectivity index (χ3v) is 4.71. The minimum absolute atomic E-state index is 0.0326. The molecule has 0 aliphatic carbocycles. The van der Waals surface area contributed by atoms with Crippen molar-refractivity contribution in [3.8, 4) is 0 Å². The number of aromatic nitrogens is 2. The van der Waals surface area contributed by atoms with Gasteiger partial charge in [-0.1, -0.05) is 30.3 Å². The largest absolute Gasteiger partial charge is 0.338 e. The number of likely N-dealkylation sites (tertiary alicyclic amines) is 1. The average molecular weight is 341 g/mol. The first-order chi connectivity index (χ1) is 12.2. The van der Waals surface area contributed by atoms with Crippen LogP contribution in [0.3, 0.4) is 0 Å². The summed E-state index contributed by atoms with van der Waals surface area (Å²) >= 11 is 0. The molecule has 1 atom stereocenters. The Bertz CT molecular complexity index is 643. The number of carbonyl (C=O) groups is 1. The highest BCUT2D eigenvalue weighted by Gasteiger charge is 2.21. The highest BCUT2D eigenvalue weighted by atomic mass is 16.2. The normalized spacial score (nSPS) is 18.0. The van der Waals surface area contributed by atoms with Gasteiger partial charge in [0.05, 0.1) is 12.2 Å². The average Bonchev–Trinajstić information content (AvgIpc) is 3.14. The quantitative estimate of drug-likeness (QED) is 0.848. The molecule has 1 aromatic carbocycles. The summed E-state index contributed by atoms with van der Waals surface area (Å²) in [5.41, 5.74) is 2.29. The lowest BCUT2D eigenvalue weighted by molar-refractivity contribution is 0.161. The van der Waals surface area contributed by atoms with Crippen molar-refractivity contribution in [2.24, 2.45) is 5.92 Å². The van der Waals surface area contributed by atoms with E-state index < -0.39 is 0 Å². The van der Waals surface area contributed by atoms with E-state index in [9.17, 15) is 4.79 Å². The Morgan fingerprint density at radius 3 is 2.96 bits per heavy atom. The fourth-order valence-corrected chi connectivity index (χ4v) is 3.37. The topological polar surface area (TPSA) is 64.3 Å². The number of aromatic amines is 1. The summed E-state index contributed by atoms with van der Waals surface area (Å²) in [6.07, 6.45) is 4.07. The number of nitrogens with one attached hydrogen (secondary N) is 2. The second-order valence-electron chi connectivity index (χ2n) is 6.85. The van der Waals surface area contributed by atoms with Crippen LogP contribution in [-0.4, -0.2) is 52.7 Å². The summed E-state index contributed by atoms with van der Waals surface area (Å²) in [5, 5.41) is 9.86. The number of rotatable bonds is 6. The number of piperidine rings is 1. The SMILES string of the molecule is CN(Cc1ccn[nH]1)C(=O)NC[C@@H]1CCCN(Cc2ccccc2)C1. The Labute approximate surface area is 149 Å². The number of amides is 2. The van der Waals surface area contributed by atoms with Gasteiger partial charge in [-0.2, -0.15) is 5.10 Å². The standard InChI is InChI=1S/C19H27N5O/c1-23(15-18-9-10-21-22-18)19(25)20-12-17-8-5-11-24(14-17)13-16-6-3-2-4-7-16/h2-4,6-7,9-10,17H,5,8,11-15H2,1H3,(H,20,25)(H,21,22)/t17-/m0/s1. The van der Waals surface area contributed by atoms with Gasteiger partial charge in [0, 0.05) is 32.9 Å². The molecule has 2 amide bonds. The number of H-pyrrole nitrogens is 1. The van der Waals surface area contributed by atoms with E-state index in [0.717, 1.165) is 31.9 Å². The summed E-state index contributed by atoms with van der Waals surface area (Å²) in [6, 6.07) is 12.4. The van der Waals surface area contributed by atoms with Gasteiger partial charge >= 0.3 is 6.03 Å². The molecule has 1 aliphatic rings. The van der Waals surface area contributed by atoms with E-state index in [4.69, 9.17) is 0 Å². The minimum atomic E-state index is -0.0326. The van der Waals surface area contributed by atoms with Crippen LogP contribution in [0.25, 0.3) is 0 Å². The van der Waals surface area contributed by atoms with Gasteiger partial charge in [-0.15, -0.1) is 0 Å². The number of carbonyl (C=O) groups excluding carboxylic acids is 1. The van der Waals surface area contributed by atoms with Crippen molar-refractivity contribution in [1.29, 1.82) is 0 Å². The minimum Gasteiger partial charge on any atom is -0.338 e. The van der Waals surface area contributed by atoms with Crippen molar-refractivity contribution in [2.75, 3.05) is 26.7 Å². The van der Waals surface area contributed by atoms with Gasteiger partial charge in [0.2, 0.25) is 0 Å². The monoisotopic (exact) mass is 341 g/mol. The summed E-state index contributed by atoms with van der Waals surface area (Å²) in [7, 11) is 1.80. The Kier molecular flexibility index (Phi) is 6.06. The zero-order valence-corrected chi connectivity index (χ0v) is 14.8. The molecule has 1 saturated heterocycles. The lowest BCUT2D eigenvalue weighted by Crippen LogP contribution is -2.43. The molecule has 3 rings (SSSR count). The number of hydrogen-bond donors (Lipinski definition) is 2. The molecule has 0 bridgehead atoms. The summed E-state index contributed by atoms with van der Waals surface area (Å²) in [6.45, 7) is 4.44. The van der Waals surface area contributed by atoms with Crippen LogP contribution in [0.2, 0.25) is 0 Å². The van der Waals surface area contributed by atoms with Gasteiger partial charge in [-0.3, -0.25) is 10.00 Å². The molecule has 0 spiro atoms. The fraction of sp³-hybridized carbons (Fsp3) is 0.474.